The molecule has 0 atom stereocenters. The minimum Gasteiger partial charge on any atom is -0.473 e. The van der Waals surface area contributed by atoms with Crippen LogP contribution in [0.15, 0.2) is 47.7 Å². The molecule has 7 nitrogen and oxygen atoms in total. The zero-order valence-corrected chi connectivity index (χ0v) is 14.4. The molecule has 3 aromatic rings. The molecule has 3 aromatic heterocycles. The molecule has 4 rings (SSSR count). The summed E-state index contributed by atoms with van der Waals surface area (Å²) in [5.41, 5.74) is -0.512. The fraction of sp³-hybridized carbons (Fsp3) is 0.222. The van der Waals surface area contributed by atoms with Crippen molar-refractivity contribution in [1.29, 1.82) is 0 Å². The Hall–Kier alpha value is -3.43. The van der Waals surface area contributed by atoms with Gasteiger partial charge in [0, 0.05) is 25.0 Å². The average Bonchev–Trinajstić information content (AvgIpc) is 3.09. The Morgan fingerprint density at radius 1 is 1.14 bits per heavy atom. The van der Waals surface area contributed by atoms with E-state index in [1.165, 1.54) is 4.90 Å². The molecule has 1 aliphatic rings. The molecular weight excluding hydrogens is 375 g/mol. The van der Waals surface area contributed by atoms with Gasteiger partial charge in [-0.15, -0.1) is 0 Å². The van der Waals surface area contributed by atoms with Crippen LogP contribution in [0, 0.1) is 0 Å². The van der Waals surface area contributed by atoms with E-state index in [9.17, 15) is 18.0 Å². The van der Waals surface area contributed by atoms with E-state index in [2.05, 4.69) is 15.1 Å². The van der Waals surface area contributed by atoms with Crippen molar-refractivity contribution in [1.82, 2.24) is 20.2 Å². The lowest BCUT2D eigenvalue weighted by molar-refractivity contribution is -0.138. The molecule has 0 amide bonds. The van der Waals surface area contributed by atoms with Gasteiger partial charge >= 0.3 is 6.18 Å². The fourth-order valence-electron chi connectivity index (χ4n) is 3.02. The van der Waals surface area contributed by atoms with Crippen LogP contribution < -0.4 is 15.2 Å². The van der Waals surface area contributed by atoms with Gasteiger partial charge in [-0.3, -0.25) is 9.78 Å². The maximum absolute atomic E-state index is 13.3. The van der Waals surface area contributed by atoms with Gasteiger partial charge in [-0.1, -0.05) is 0 Å². The topological polar surface area (TPSA) is 84.0 Å². The molecule has 1 aliphatic heterocycles. The molecule has 0 saturated heterocycles. The van der Waals surface area contributed by atoms with Crippen molar-refractivity contribution in [3.05, 3.63) is 75.6 Å². The molecule has 10 heteroatoms. The number of aromatic amines is 1. The second kappa shape index (κ2) is 6.95. The van der Waals surface area contributed by atoms with Gasteiger partial charge in [0.15, 0.2) is 0 Å². The lowest BCUT2D eigenvalue weighted by atomic mass is 10.2. The number of aromatic nitrogens is 4. The quantitative estimate of drug-likeness (QED) is 0.739. The predicted molar refractivity (Wildman–Crippen MR) is 92.6 cm³/mol. The first kappa shape index (κ1) is 18.0. The number of H-pyrrole nitrogens is 1. The fourth-order valence-corrected chi connectivity index (χ4v) is 3.02. The Labute approximate surface area is 156 Å². The highest BCUT2D eigenvalue weighted by atomic mass is 19.4. The van der Waals surface area contributed by atoms with E-state index in [-0.39, 0.29) is 18.8 Å². The van der Waals surface area contributed by atoms with E-state index in [4.69, 9.17) is 4.74 Å². The predicted octanol–water partition coefficient (Wildman–Crippen LogP) is 2.68. The minimum absolute atomic E-state index is 0.121. The Morgan fingerprint density at radius 3 is 2.68 bits per heavy atom. The van der Waals surface area contributed by atoms with Gasteiger partial charge < -0.3 is 9.64 Å². The van der Waals surface area contributed by atoms with Crippen molar-refractivity contribution in [2.24, 2.45) is 0 Å². The molecule has 0 fully saturated rings. The zero-order valence-electron chi connectivity index (χ0n) is 14.4. The monoisotopic (exact) mass is 389 g/mol. The van der Waals surface area contributed by atoms with Gasteiger partial charge in [0.25, 0.3) is 5.56 Å². The molecule has 0 saturated carbocycles. The molecule has 0 aliphatic carbocycles. The van der Waals surface area contributed by atoms with Gasteiger partial charge in [0.05, 0.1) is 24.1 Å². The zero-order chi connectivity index (χ0) is 19.7. The Bertz CT molecular complexity index is 1050. The van der Waals surface area contributed by atoms with Crippen molar-refractivity contribution >= 4 is 5.69 Å². The Kier molecular flexibility index (Phi) is 4.46. The van der Waals surface area contributed by atoms with Crippen LogP contribution in [0.4, 0.5) is 18.9 Å². The second-order valence-electron chi connectivity index (χ2n) is 6.21. The molecule has 0 unspecified atom stereocenters. The van der Waals surface area contributed by atoms with Crippen molar-refractivity contribution in [2.75, 3.05) is 4.90 Å². The van der Waals surface area contributed by atoms with Crippen molar-refractivity contribution in [3.63, 3.8) is 0 Å². The highest BCUT2D eigenvalue weighted by Gasteiger charge is 2.39. The maximum Gasteiger partial charge on any atom is 0.423 e. The summed E-state index contributed by atoms with van der Waals surface area (Å²) in [5.74, 6) is 0.373. The summed E-state index contributed by atoms with van der Waals surface area (Å²) in [6.45, 7) is 0.616. The maximum atomic E-state index is 13.3. The van der Waals surface area contributed by atoms with Crippen LogP contribution in [0.3, 0.4) is 0 Å². The summed E-state index contributed by atoms with van der Waals surface area (Å²) in [6, 6.07) is 7.06. The lowest BCUT2D eigenvalue weighted by Crippen LogP contribution is -2.28. The number of alkyl halides is 3. The van der Waals surface area contributed by atoms with Gasteiger partial charge in [0.1, 0.15) is 12.2 Å². The van der Waals surface area contributed by atoms with Crippen LogP contribution in [0.25, 0.3) is 0 Å². The first-order chi connectivity index (χ1) is 13.4. The number of hydrogen-bond donors (Lipinski definition) is 1. The van der Waals surface area contributed by atoms with Crippen LogP contribution in [0.5, 0.6) is 5.88 Å². The number of ether oxygens (including phenoxy) is 1. The summed E-state index contributed by atoms with van der Waals surface area (Å²) < 4.78 is 45.6. The third-order valence-corrected chi connectivity index (χ3v) is 4.34. The van der Waals surface area contributed by atoms with Gasteiger partial charge in [-0.2, -0.15) is 18.3 Å². The van der Waals surface area contributed by atoms with Crippen LogP contribution in [-0.4, -0.2) is 20.2 Å². The SMILES string of the molecule is O=c1[nH]ncc(N2Cc3ccc(OCc4ccncc4)nc3C2)c1C(F)(F)F. The number of halogens is 3. The first-order valence-electron chi connectivity index (χ1n) is 8.32. The van der Waals surface area contributed by atoms with Gasteiger partial charge in [0.2, 0.25) is 5.88 Å². The molecule has 0 aromatic carbocycles. The largest absolute Gasteiger partial charge is 0.473 e. The number of anilines is 1. The average molecular weight is 389 g/mol. The number of nitrogens with zero attached hydrogens (tertiary/aromatic N) is 4. The van der Waals surface area contributed by atoms with Crippen molar-refractivity contribution in [2.45, 2.75) is 25.9 Å². The number of rotatable bonds is 4. The Balaban J connectivity index is 1.55. The van der Waals surface area contributed by atoms with Gasteiger partial charge in [-0.05, 0) is 29.3 Å². The van der Waals surface area contributed by atoms with E-state index >= 15 is 0 Å². The van der Waals surface area contributed by atoms with Crippen LogP contribution in [-0.2, 0) is 25.9 Å². The van der Waals surface area contributed by atoms with Crippen molar-refractivity contribution < 1.29 is 17.9 Å². The highest BCUT2D eigenvalue weighted by Crippen LogP contribution is 2.36. The molecule has 0 spiro atoms. The van der Waals surface area contributed by atoms with E-state index < -0.39 is 17.3 Å². The number of nitrogens with one attached hydrogen (secondary N) is 1. The second-order valence-corrected chi connectivity index (χ2v) is 6.21. The van der Waals surface area contributed by atoms with E-state index in [0.29, 0.717) is 18.2 Å². The standard InChI is InChI=1S/C18H14F3N5O2/c19-18(20,21)16-14(7-23-25-17(16)27)26-8-12-1-2-15(24-13(12)9-26)28-10-11-3-5-22-6-4-11/h1-7H,8-10H2,(H,25,27). The highest BCUT2D eigenvalue weighted by molar-refractivity contribution is 5.55. The number of pyridine rings is 2. The summed E-state index contributed by atoms with van der Waals surface area (Å²) in [5, 5.41) is 5.36. The number of fused-ring (bicyclic) bond motifs is 1. The molecular formula is C18H14F3N5O2. The number of hydrogen-bond acceptors (Lipinski definition) is 6. The molecule has 28 heavy (non-hydrogen) atoms. The third-order valence-electron chi connectivity index (χ3n) is 4.34. The van der Waals surface area contributed by atoms with Crippen LogP contribution in [0.1, 0.15) is 22.4 Å². The molecule has 4 heterocycles. The van der Waals surface area contributed by atoms with E-state index in [1.54, 1.807) is 24.5 Å². The van der Waals surface area contributed by atoms with Crippen molar-refractivity contribution in [3.8, 4) is 5.88 Å². The molecule has 0 bridgehead atoms. The van der Waals surface area contributed by atoms with E-state index in [0.717, 1.165) is 17.3 Å². The summed E-state index contributed by atoms with van der Waals surface area (Å²) in [6.07, 6.45) is -0.467. The lowest BCUT2D eigenvalue weighted by Gasteiger charge is -2.20. The Morgan fingerprint density at radius 2 is 1.93 bits per heavy atom. The summed E-state index contributed by atoms with van der Waals surface area (Å²) in [7, 11) is 0. The smallest absolute Gasteiger partial charge is 0.423 e. The van der Waals surface area contributed by atoms with Crippen LogP contribution >= 0.6 is 0 Å². The molecule has 144 valence electrons. The summed E-state index contributed by atoms with van der Waals surface area (Å²) in [4.78, 5) is 21.4. The third kappa shape index (κ3) is 3.53. The summed E-state index contributed by atoms with van der Waals surface area (Å²) >= 11 is 0. The first-order valence-corrected chi connectivity index (χ1v) is 8.32. The minimum atomic E-state index is -4.78. The molecule has 0 radical (unpaired) electrons. The molecule has 1 N–H and O–H groups in total. The van der Waals surface area contributed by atoms with E-state index in [1.807, 2.05) is 17.2 Å². The van der Waals surface area contributed by atoms with Gasteiger partial charge in [-0.25, -0.2) is 10.1 Å². The van der Waals surface area contributed by atoms with Crippen LogP contribution in [0.2, 0.25) is 0 Å². The normalized spacial score (nSPS) is 13.5.